The molecule has 2 heterocycles. The molecule has 0 saturated heterocycles. The number of aromatic nitrogens is 2. The molecule has 9 N–H and O–H groups in total. The smallest absolute Gasteiger partial charge is 0.158 e. The zero-order valence-electron chi connectivity index (χ0n) is 10.2. The van der Waals surface area contributed by atoms with Crippen LogP contribution in [0.1, 0.15) is 0 Å². The van der Waals surface area contributed by atoms with E-state index < -0.39 is 0 Å². The van der Waals surface area contributed by atoms with Crippen LogP contribution in [-0.4, -0.2) is 15.4 Å². The van der Waals surface area contributed by atoms with E-state index in [2.05, 4.69) is 27.1 Å². The zero-order valence-corrected chi connectivity index (χ0v) is 12.5. The number of halogens is 3. The van der Waals surface area contributed by atoms with Crippen LogP contribution in [-0.2, 0) is 0 Å². The Bertz CT molecular complexity index is 467. The van der Waals surface area contributed by atoms with Gasteiger partial charge in [-0.25, -0.2) is 15.8 Å². The number of hydrazine groups is 2. The van der Waals surface area contributed by atoms with Crippen molar-refractivity contribution in [1.29, 1.82) is 0 Å². The summed E-state index contributed by atoms with van der Waals surface area (Å²) < 4.78 is 0. The molecule has 20 heavy (non-hydrogen) atoms. The molecule has 112 valence electrons. The van der Waals surface area contributed by atoms with Gasteiger partial charge >= 0.3 is 0 Å². The Morgan fingerprint density at radius 2 is 1.40 bits per heavy atom. The van der Waals surface area contributed by atoms with Gasteiger partial charge in [0.15, 0.2) is 5.82 Å². The third-order valence-corrected chi connectivity index (χ3v) is 2.62. The number of nitrogens with zero attached hydrogens (tertiary/aromatic N) is 2. The number of hydrogen-bond donors (Lipinski definition) is 4. The Morgan fingerprint density at radius 1 is 0.900 bits per heavy atom. The van der Waals surface area contributed by atoms with Gasteiger partial charge in [0.1, 0.15) is 5.15 Å². The first-order valence-corrected chi connectivity index (χ1v) is 5.95. The van der Waals surface area contributed by atoms with Crippen LogP contribution >= 0.6 is 34.8 Å². The molecule has 2 aromatic heterocycles. The quantitative estimate of drug-likeness (QED) is 0.350. The van der Waals surface area contributed by atoms with Crippen molar-refractivity contribution in [3.8, 4) is 0 Å². The number of nitrogen functional groups attached to an aromatic ring is 1. The van der Waals surface area contributed by atoms with Crippen molar-refractivity contribution in [3.63, 3.8) is 0 Å². The summed E-state index contributed by atoms with van der Waals surface area (Å²) in [6.07, 6.45) is 3.20. The van der Waals surface area contributed by atoms with Gasteiger partial charge in [0, 0.05) is 12.4 Å². The average Bonchev–Trinajstić information content (AvgIpc) is 2.46. The van der Waals surface area contributed by atoms with Crippen molar-refractivity contribution < 1.29 is 5.48 Å². The van der Waals surface area contributed by atoms with E-state index >= 15 is 0 Å². The summed E-state index contributed by atoms with van der Waals surface area (Å²) in [6.45, 7) is 0. The van der Waals surface area contributed by atoms with Crippen LogP contribution in [0.15, 0.2) is 36.7 Å². The Hall–Kier alpha value is -1.19. The normalized spacial score (nSPS) is 8.10. The lowest BCUT2D eigenvalue weighted by Crippen LogP contribution is -2.08. The molecule has 2 aromatic rings. The van der Waals surface area contributed by atoms with Gasteiger partial charge in [-0.15, -0.1) is 0 Å². The van der Waals surface area contributed by atoms with Gasteiger partial charge in [0.25, 0.3) is 0 Å². The molecule has 0 radical (unpaired) electrons. The van der Waals surface area contributed by atoms with Gasteiger partial charge < -0.3 is 10.9 Å². The molecule has 0 aromatic carbocycles. The average molecular weight is 342 g/mol. The highest BCUT2D eigenvalue weighted by molar-refractivity contribution is 6.41. The summed E-state index contributed by atoms with van der Waals surface area (Å²) in [5, 5.41) is 1.38. The van der Waals surface area contributed by atoms with Gasteiger partial charge in [-0.1, -0.05) is 34.8 Å². The molecule has 0 saturated carbocycles. The van der Waals surface area contributed by atoms with Crippen LogP contribution < -0.4 is 23.0 Å². The SMILES string of the molecule is Clc1cccnc1Cl.NN.NNc1ncccc1Cl.O. The van der Waals surface area contributed by atoms with Gasteiger partial charge in [0.05, 0.1) is 10.0 Å². The maximum atomic E-state index is 5.62. The Morgan fingerprint density at radius 3 is 1.70 bits per heavy atom. The minimum absolute atomic E-state index is 0. The van der Waals surface area contributed by atoms with Crippen molar-refractivity contribution in [2.24, 2.45) is 17.5 Å². The van der Waals surface area contributed by atoms with Crippen molar-refractivity contribution in [1.82, 2.24) is 9.97 Å². The van der Waals surface area contributed by atoms with E-state index in [0.29, 0.717) is 21.0 Å². The highest BCUT2D eigenvalue weighted by atomic mass is 35.5. The molecule has 0 fully saturated rings. The lowest BCUT2D eigenvalue weighted by Gasteiger charge is -1.97. The maximum absolute atomic E-state index is 5.62. The molecule has 10 heteroatoms. The predicted molar refractivity (Wildman–Crippen MR) is 83.3 cm³/mol. The van der Waals surface area contributed by atoms with E-state index in [1.54, 1.807) is 36.7 Å². The lowest BCUT2D eigenvalue weighted by atomic mass is 10.5. The second kappa shape index (κ2) is 12.8. The minimum atomic E-state index is 0. The highest BCUT2D eigenvalue weighted by Crippen LogP contribution is 2.16. The first-order chi connectivity index (χ1) is 9.15. The summed E-state index contributed by atoms with van der Waals surface area (Å²) >= 11 is 16.6. The van der Waals surface area contributed by atoms with Crippen LogP contribution in [0.4, 0.5) is 5.82 Å². The van der Waals surface area contributed by atoms with Crippen molar-refractivity contribution in [2.75, 3.05) is 5.43 Å². The summed E-state index contributed by atoms with van der Waals surface area (Å²) in [5.74, 6) is 13.6. The summed E-state index contributed by atoms with van der Waals surface area (Å²) in [6, 6.07) is 6.87. The van der Waals surface area contributed by atoms with E-state index in [0.717, 1.165) is 0 Å². The standard InChI is InChI=1S/C5H3Cl2N.C5H6ClN3.H4N2.H2O/c6-4-2-1-3-8-5(4)7;6-4-2-1-3-8-5(4)9-7;1-2;/h1-3H;1-3H,7H2,(H,8,9);1-2H2;1H2. The summed E-state index contributed by atoms with van der Waals surface area (Å²) in [4.78, 5) is 7.54. The third kappa shape index (κ3) is 8.08. The van der Waals surface area contributed by atoms with Gasteiger partial charge in [-0.2, -0.15) is 0 Å². The zero-order chi connectivity index (χ0) is 14.7. The molecule has 0 spiro atoms. The lowest BCUT2D eigenvalue weighted by molar-refractivity contribution is 0.824. The molecule has 7 nitrogen and oxygen atoms in total. The molecule has 0 aliphatic rings. The van der Waals surface area contributed by atoms with Gasteiger partial charge in [-0.05, 0) is 24.3 Å². The molecular formula is C10H15Cl3N6O. The van der Waals surface area contributed by atoms with E-state index in [1.807, 2.05) is 0 Å². The number of rotatable bonds is 1. The van der Waals surface area contributed by atoms with Crippen molar-refractivity contribution >= 4 is 40.6 Å². The van der Waals surface area contributed by atoms with Crippen LogP contribution in [0.5, 0.6) is 0 Å². The highest BCUT2D eigenvalue weighted by Gasteiger charge is 1.93. The van der Waals surface area contributed by atoms with E-state index in [4.69, 9.17) is 40.6 Å². The molecule has 0 amide bonds. The van der Waals surface area contributed by atoms with E-state index in [-0.39, 0.29) is 5.48 Å². The Balaban J connectivity index is 0. The van der Waals surface area contributed by atoms with Crippen LogP contribution in [0.25, 0.3) is 0 Å². The largest absolute Gasteiger partial charge is 0.412 e. The summed E-state index contributed by atoms with van der Waals surface area (Å²) in [5.41, 5.74) is 2.35. The molecule has 0 unspecified atom stereocenters. The number of anilines is 1. The summed E-state index contributed by atoms with van der Waals surface area (Å²) in [7, 11) is 0. The fraction of sp³-hybridized carbons (Fsp3) is 0. The molecule has 0 aliphatic heterocycles. The number of hydrogen-bond acceptors (Lipinski definition) is 6. The van der Waals surface area contributed by atoms with E-state index in [9.17, 15) is 0 Å². The monoisotopic (exact) mass is 340 g/mol. The molecular weight excluding hydrogens is 327 g/mol. The second-order valence-electron chi connectivity index (χ2n) is 2.75. The first-order valence-electron chi connectivity index (χ1n) is 4.81. The molecule has 0 bridgehead atoms. The van der Waals surface area contributed by atoms with Crippen molar-refractivity contribution in [3.05, 3.63) is 51.9 Å². The third-order valence-electron chi connectivity index (χ3n) is 1.61. The number of pyridine rings is 2. The Labute approximate surface area is 131 Å². The fourth-order valence-corrected chi connectivity index (χ4v) is 1.28. The first kappa shape index (κ1) is 21.1. The van der Waals surface area contributed by atoms with E-state index in [1.165, 1.54) is 0 Å². The predicted octanol–water partition coefficient (Wildman–Crippen LogP) is 1.40. The molecule has 0 aliphatic carbocycles. The maximum Gasteiger partial charge on any atom is 0.158 e. The fourth-order valence-electron chi connectivity index (χ4n) is 0.858. The van der Waals surface area contributed by atoms with Gasteiger partial charge in [0.2, 0.25) is 0 Å². The second-order valence-corrected chi connectivity index (χ2v) is 3.93. The topological polar surface area (TPSA) is 147 Å². The number of nitrogens with two attached hydrogens (primary N) is 3. The minimum Gasteiger partial charge on any atom is -0.412 e. The van der Waals surface area contributed by atoms with Crippen molar-refractivity contribution in [2.45, 2.75) is 0 Å². The molecule has 2 rings (SSSR count). The van der Waals surface area contributed by atoms with Crippen LogP contribution in [0.2, 0.25) is 15.2 Å². The van der Waals surface area contributed by atoms with Crippen LogP contribution in [0.3, 0.4) is 0 Å². The van der Waals surface area contributed by atoms with Gasteiger partial charge in [-0.3, -0.25) is 11.7 Å². The number of nitrogens with one attached hydrogen (secondary N) is 1. The van der Waals surface area contributed by atoms with Crippen LogP contribution in [0, 0.1) is 0 Å². The Kier molecular flexibility index (Phi) is 13.5. The molecule has 0 atom stereocenters.